The molecular weight excluding hydrogens is 355 g/mol. The molecule has 0 N–H and O–H groups in total. The maximum atomic E-state index is 6.45. The van der Waals surface area contributed by atoms with E-state index in [9.17, 15) is 0 Å². The Morgan fingerprint density at radius 3 is 1.63 bits per heavy atom. The number of hydrogen-bond acceptors (Lipinski definition) is 3. The van der Waals surface area contributed by atoms with Gasteiger partial charge in [-0.1, -0.05) is 81.4 Å². The molecule has 0 radical (unpaired) electrons. The Bertz CT molecular complexity index is 604. The molecule has 1 heterocycles. The van der Waals surface area contributed by atoms with Crippen LogP contribution < -0.4 is 4.52 Å². The molecule has 27 heavy (non-hydrogen) atoms. The minimum Gasteiger partial charge on any atom is -0.426 e. The molecule has 154 valence electrons. The highest BCUT2D eigenvalue weighted by Gasteiger charge is 2.33. The summed E-state index contributed by atoms with van der Waals surface area (Å²) in [5.74, 6) is 1.42. The smallest absolute Gasteiger partial charge is 0.397 e. The number of benzene rings is 1. The van der Waals surface area contributed by atoms with Crippen molar-refractivity contribution in [3.63, 3.8) is 0 Å². The van der Waals surface area contributed by atoms with Gasteiger partial charge in [0, 0.05) is 17.0 Å². The first-order valence-corrected chi connectivity index (χ1v) is 11.3. The minimum atomic E-state index is -1.34. The second kappa shape index (κ2) is 8.01. The molecule has 1 aromatic rings. The Kier molecular flexibility index (Phi) is 6.72. The molecule has 1 aromatic carbocycles. The Hall–Kier alpha value is -0.630. The predicted molar refractivity (Wildman–Crippen MR) is 116 cm³/mol. The van der Waals surface area contributed by atoms with Gasteiger partial charge in [0.25, 0.3) is 0 Å². The SMILES string of the molecule is CCC1COP(Oc2c(C(C)(C)C)cc(C(C)(C)C)cc2C(C)(C)C)OC1. The summed E-state index contributed by atoms with van der Waals surface area (Å²) in [6, 6.07) is 4.64. The van der Waals surface area contributed by atoms with Crippen LogP contribution in [0.5, 0.6) is 5.75 Å². The van der Waals surface area contributed by atoms with Crippen molar-refractivity contribution in [2.45, 2.75) is 91.9 Å². The Morgan fingerprint density at radius 1 is 0.852 bits per heavy atom. The van der Waals surface area contributed by atoms with E-state index in [-0.39, 0.29) is 16.2 Å². The second-order valence-electron chi connectivity index (χ2n) is 10.8. The zero-order valence-corrected chi connectivity index (χ0v) is 19.9. The summed E-state index contributed by atoms with van der Waals surface area (Å²) < 4.78 is 18.3. The molecule has 0 bridgehead atoms. The zero-order valence-electron chi connectivity index (χ0n) is 19.0. The second-order valence-corrected chi connectivity index (χ2v) is 12.0. The van der Waals surface area contributed by atoms with Gasteiger partial charge in [-0.05, 0) is 28.2 Å². The Morgan fingerprint density at radius 2 is 1.30 bits per heavy atom. The van der Waals surface area contributed by atoms with Crippen molar-refractivity contribution < 1.29 is 13.6 Å². The Labute approximate surface area is 168 Å². The van der Waals surface area contributed by atoms with Crippen LogP contribution in [0.2, 0.25) is 0 Å². The average molecular weight is 395 g/mol. The average Bonchev–Trinajstić information content (AvgIpc) is 2.52. The lowest BCUT2D eigenvalue weighted by atomic mass is 9.75. The first kappa shape index (κ1) is 22.7. The van der Waals surface area contributed by atoms with Crippen molar-refractivity contribution in [1.82, 2.24) is 0 Å². The fraction of sp³-hybridized carbons (Fsp3) is 0.739. The molecule has 2 rings (SSSR count). The lowest BCUT2D eigenvalue weighted by Crippen LogP contribution is -2.24. The van der Waals surface area contributed by atoms with Crippen LogP contribution in [0.15, 0.2) is 12.1 Å². The number of hydrogen-bond donors (Lipinski definition) is 0. The van der Waals surface area contributed by atoms with Crippen LogP contribution in [-0.4, -0.2) is 13.2 Å². The van der Waals surface area contributed by atoms with E-state index in [1.165, 1.54) is 16.7 Å². The van der Waals surface area contributed by atoms with Crippen LogP contribution in [0.25, 0.3) is 0 Å². The third-order valence-corrected chi connectivity index (χ3v) is 6.20. The summed E-state index contributed by atoms with van der Waals surface area (Å²) in [5.41, 5.74) is 3.81. The van der Waals surface area contributed by atoms with E-state index in [0.717, 1.165) is 25.4 Å². The van der Waals surface area contributed by atoms with Gasteiger partial charge in [0.05, 0.1) is 13.2 Å². The molecule has 0 spiro atoms. The van der Waals surface area contributed by atoms with Crippen LogP contribution in [0.3, 0.4) is 0 Å². The molecule has 1 aliphatic heterocycles. The molecule has 0 amide bonds. The van der Waals surface area contributed by atoms with Gasteiger partial charge in [0.2, 0.25) is 0 Å². The van der Waals surface area contributed by atoms with E-state index in [0.29, 0.717) is 5.92 Å². The highest BCUT2D eigenvalue weighted by atomic mass is 31.2. The third-order valence-electron chi connectivity index (χ3n) is 5.15. The van der Waals surface area contributed by atoms with Gasteiger partial charge in [-0.3, -0.25) is 0 Å². The van der Waals surface area contributed by atoms with E-state index in [1.807, 2.05) is 0 Å². The summed E-state index contributed by atoms with van der Waals surface area (Å²) in [7, 11) is -1.34. The Balaban J connectivity index is 2.53. The highest BCUT2D eigenvalue weighted by molar-refractivity contribution is 7.42. The van der Waals surface area contributed by atoms with Gasteiger partial charge in [0.15, 0.2) is 0 Å². The maximum absolute atomic E-state index is 6.45. The van der Waals surface area contributed by atoms with Gasteiger partial charge < -0.3 is 13.6 Å². The zero-order chi connectivity index (χ0) is 20.6. The quantitative estimate of drug-likeness (QED) is 0.505. The standard InChI is InChI=1S/C23H39O3P/c1-11-16-14-24-27(25-15-16)26-20-18(22(5,6)7)12-17(21(2,3)4)13-19(20)23(8,9)10/h12-13,16H,11,14-15H2,1-10H3. The molecule has 0 saturated carbocycles. The molecule has 1 saturated heterocycles. The van der Waals surface area contributed by atoms with Crippen molar-refractivity contribution in [2.75, 3.05) is 13.2 Å². The summed E-state index contributed by atoms with van der Waals surface area (Å²) >= 11 is 0. The van der Waals surface area contributed by atoms with Gasteiger partial charge >= 0.3 is 8.60 Å². The van der Waals surface area contributed by atoms with Gasteiger partial charge in [-0.15, -0.1) is 0 Å². The topological polar surface area (TPSA) is 27.7 Å². The van der Waals surface area contributed by atoms with Gasteiger partial charge in [-0.25, -0.2) is 0 Å². The van der Waals surface area contributed by atoms with E-state index >= 15 is 0 Å². The van der Waals surface area contributed by atoms with E-state index in [1.54, 1.807) is 0 Å². The van der Waals surface area contributed by atoms with Crippen LogP contribution >= 0.6 is 8.60 Å². The lowest BCUT2D eigenvalue weighted by Gasteiger charge is -2.35. The molecule has 0 aromatic heterocycles. The minimum absolute atomic E-state index is 0.0341. The molecule has 1 aliphatic rings. The van der Waals surface area contributed by atoms with Gasteiger partial charge in [-0.2, -0.15) is 0 Å². The van der Waals surface area contributed by atoms with E-state index < -0.39 is 8.60 Å². The third kappa shape index (κ3) is 5.68. The first-order chi connectivity index (χ1) is 12.2. The van der Waals surface area contributed by atoms with E-state index in [2.05, 4.69) is 81.4 Å². The molecule has 0 unspecified atom stereocenters. The van der Waals surface area contributed by atoms with Crippen LogP contribution in [0.4, 0.5) is 0 Å². The van der Waals surface area contributed by atoms with Crippen molar-refractivity contribution in [2.24, 2.45) is 5.92 Å². The fourth-order valence-corrected chi connectivity index (χ4v) is 4.25. The molecular formula is C23H39O3P. The molecule has 1 fully saturated rings. The fourth-order valence-electron chi connectivity index (χ4n) is 3.06. The predicted octanol–water partition coefficient (Wildman–Crippen LogP) is 7.26. The first-order valence-electron chi connectivity index (χ1n) is 10.2. The lowest BCUT2D eigenvalue weighted by molar-refractivity contribution is 0.0915. The van der Waals surface area contributed by atoms with Crippen LogP contribution in [0, 0.1) is 5.92 Å². The summed E-state index contributed by atoms with van der Waals surface area (Å²) in [5, 5.41) is 0. The molecule has 0 atom stereocenters. The van der Waals surface area contributed by atoms with Crippen LogP contribution in [0.1, 0.15) is 92.3 Å². The summed E-state index contributed by atoms with van der Waals surface area (Å²) in [6.07, 6.45) is 1.07. The van der Waals surface area contributed by atoms with Gasteiger partial charge in [0.1, 0.15) is 5.75 Å². The number of rotatable bonds is 3. The summed E-state index contributed by atoms with van der Waals surface area (Å²) in [6.45, 7) is 23.9. The monoisotopic (exact) mass is 394 g/mol. The summed E-state index contributed by atoms with van der Waals surface area (Å²) in [4.78, 5) is 0. The molecule has 4 heteroatoms. The highest BCUT2D eigenvalue weighted by Crippen LogP contribution is 2.51. The molecule has 0 aliphatic carbocycles. The van der Waals surface area contributed by atoms with Crippen molar-refractivity contribution in [3.8, 4) is 5.75 Å². The van der Waals surface area contributed by atoms with Crippen molar-refractivity contribution in [1.29, 1.82) is 0 Å². The normalized spacial score (nSPS) is 22.0. The van der Waals surface area contributed by atoms with E-state index in [4.69, 9.17) is 13.6 Å². The van der Waals surface area contributed by atoms with Crippen LogP contribution in [-0.2, 0) is 25.3 Å². The van der Waals surface area contributed by atoms with Crippen molar-refractivity contribution >= 4 is 8.60 Å². The van der Waals surface area contributed by atoms with Crippen molar-refractivity contribution in [3.05, 3.63) is 28.8 Å². The maximum Gasteiger partial charge on any atom is 0.397 e. The molecule has 3 nitrogen and oxygen atoms in total. The largest absolute Gasteiger partial charge is 0.426 e.